The molecule has 0 spiro atoms. The van der Waals surface area contributed by atoms with Gasteiger partial charge in [0.05, 0.1) is 16.4 Å². The second kappa shape index (κ2) is 8.41. The van der Waals surface area contributed by atoms with Crippen LogP contribution in [0.1, 0.15) is 5.56 Å². The average Bonchev–Trinajstić information content (AvgIpc) is 3.47. The number of H-pyrrole nitrogens is 2. The quantitative estimate of drug-likeness (QED) is 0.356. The topological polar surface area (TPSA) is 86.4 Å². The third-order valence-electron chi connectivity index (χ3n) is 5.92. The van der Waals surface area contributed by atoms with E-state index in [0.717, 1.165) is 49.9 Å². The molecular formula is C27H22FN7. The molecule has 2 aromatic carbocycles. The number of para-hydroxylation sites is 1. The number of fused-ring (bicyclic) bond motifs is 2. The van der Waals surface area contributed by atoms with Crippen molar-refractivity contribution in [3.63, 3.8) is 0 Å². The number of hydrogen-bond donors (Lipinski definition) is 2. The molecule has 0 radical (unpaired) electrons. The molecule has 7 nitrogen and oxygen atoms in total. The molecule has 0 fully saturated rings. The number of aromatic amines is 2. The standard InChI is InChI=1S/C27H22FN7/c1-35(2)15-16-9-18(11-20(28)10-16)21-6-3-7-23-24(21)32-27(31-23)25-22-12-19(14-30-26(22)34-33-25)17-5-4-8-29-13-17/h3-14H,15H2,1-2H3,(H,31,32)(H,30,33,34). The van der Waals surface area contributed by atoms with Crippen LogP contribution in [0, 0.1) is 5.82 Å². The molecule has 35 heavy (non-hydrogen) atoms. The van der Waals surface area contributed by atoms with Gasteiger partial charge in [0.1, 0.15) is 11.5 Å². The summed E-state index contributed by atoms with van der Waals surface area (Å²) in [5.41, 5.74) is 7.45. The summed E-state index contributed by atoms with van der Waals surface area (Å²) in [6.07, 6.45) is 5.34. The smallest absolute Gasteiger partial charge is 0.181 e. The van der Waals surface area contributed by atoms with Crippen LogP contribution in [0.25, 0.3) is 55.8 Å². The van der Waals surface area contributed by atoms with Crippen molar-refractivity contribution in [1.29, 1.82) is 0 Å². The molecule has 0 aliphatic carbocycles. The summed E-state index contributed by atoms with van der Waals surface area (Å²) >= 11 is 0. The summed E-state index contributed by atoms with van der Waals surface area (Å²) in [6, 6.07) is 16.9. The maximum atomic E-state index is 14.5. The van der Waals surface area contributed by atoms with Gasteiger partial charge in [-0.05, 0) is 61.6 Å². The third kappa shape index (κ3) is 3.94. The lowest BCUT2D eigenvalue weighted by atomic mass is 10.0. The molecule has 0 aliphatic heterocycles. The zero-order chi connectivity index (χ0) is 23.9. The van der Waals surface area contributed by atoms with Crippen molar-refractivity contribution >= 4 is 22.1 Å². The van der Waals surface area contributed by atoms with E-state index in [4.69, 9.17) is 4.98 Å². The number of halogens is 1. The van der Waals surface area contributed by atoms with Gasteiger partial charge in [0.25, 0.3) is 0 Å². The first-order valence-electron chi connectivity index (χ1n) is 11.2. The fourth-order valence-electron chi connectivity index (χ4n) is 4.42. The lowest BCUT2D eigenvalue weighted by molar-refractivity contribution is 0.401. The number of imidazole rings is 1. The van der Waals surface area contributed by atoms with Crippen molar-refractivity contribution in [3.8, 4) is 33.8 Å². The molecular weight excluding hydrogens is 441 g/mol. The van der Waals surface area contributed by atoms with Gasteiger partial charge in [-0.15, -0.1) is 0 Å². The van der Waals surface area contributed by atoms with Gasteiger partial charge in [-0.1, -0.05) is 18.2 Å². The molecule has 0 atom stereocenters. The molecule has 4 heterocycles. The van der Waals surface area contributed by atoms with E-state index >= 15 is 0 Å². The largest absolute Gasteiger partial charge is 0.337 e. The minimum absolute atomic E-state index is 0.263. The average molecular weight is 464 g/mol. The Kier molecular flexibility index (Phi) is 5.08. The Balaban J connectivity index is 1.47. The van der Waals surface area contributed by atoms with Gasteiger partial charge < -0.3 is 9.88 Å². The summed E-state index contributed by atoms with van der Waals surface area (Å²) in [5.74, 6) is 0.380. The predicted octanol–water partition coefficient (Wildman–Crippen LogP) is 5.43. The molecule has 6 rings (SSSR count). The van der Waals surface area contributed by atoms with Crippen LogP contribution in [0.15, 0.2) is 73.2 Å². The van der Waals surface area contributed by atoms with Gasteiger partial charge in [-0.3, -0.25) is 10.1 Å². The highest BCUT2D eigenvalue weighted by Crippen LogP contribution is 2.33. The molecule has 0 unspecified atom stereocenters. The van der Waals surface area contributed by atoms with Crippen molar-refractivity contribution in [1.82, 2.24) is 35.0 Å². The first-order chi connectivity index (χ1) is 17.0. The number of pyridine rings is 2. The van der Waals surface area contributed by atoms with Crippen LogP contribution in [-0.2, 0) is 6.54 Å². The first-order valence-corrected chi connectivity index (χ1v) is 11.2. The lowest BCUT2D eigenvalue weighted by Crippen LogP contribution is -2.10. The van der Waals surface area contributed by atoms with Crippen molar-refractivity contribution in [2.45, 2.75) is 6.54 Å². The van der Waals surface area contributed by atoms with Crippen LogP contribution < -0.4 is 0 Å². The highest BCUT2D eigenvalue weighted by atomic mass is 19.1. The van der Waals surface area contributed by atoms with E-state index in [2.05, 4.69) is 25.1 Å². The summed E-state index contributed by atoms with van der Waals surface area (Å²) < 4.78 is 14.5. The molecule has 0 saturated carbocycles. The maximum absolute atomic E-state index is 14.5. The minimum Gasteiger partial charge on any atom is -0.337 e. The van der Waals surface area contributed by atoms with Gasteiger partial charge in [-0.25, -0.2) is 14.4 Å². The Morgan fingerprint density at radius 3 is 2.69 bits per heavy atom. The van der Waals surface area contributed by atoms with Crippen molar-refractivity contribution in [2.75, 3.05) is 14.1 Å². The summed E-state index contributed by atoms with van der Waals surface area (Å²) in [7, 11) is 3.93. The SMILES string of the molecule is CN(C)Cc1cc(F)cc(-c2cccc3[nH]c(-c4[nH]nc5ncc(-c6cccnc6)cc45)nc23)c1. The molecule has 8 heteroatoms. The Hall–Kier alpha value is -4.43. The van der Waals surface area contributed by atoms with Crippen LogP contribution in [0.4, 0.5) is 4.39 Å². The van der Waals surface area contributed by atoms with Crippen LogP contribution in [-0.4, -0.2) is 49.1 Å². The van der Waals surface area contributed by atoms with Crippen LogP contribution in [0.5, 0.6) is 0 Å². The Morgan fingerprint density at radius 1 is 0.943 bits per heavy atom. The fourth-order valence-corrected chi connectivity index (χ4v) is 4.42. The minimum atomic E-state index is -0.263. The molecule has 0 amide bonds. The first kappa shape index (κ1) is 21.1. The normalized spacial score (nSPS) is 11.7. The lowest BCUT2D eigenvalue weighted by Gasteiger charge is -2.12. The van der Waals surface area contributed by atoms with Gasteiger partial charge in [0.2, 0.25) is 0 Å². The summed E-state index contributed by atoms with van der Waals surface area (Å²) in [5, 5.41) is 8.30. The molecule has 0 aliphatic rings. The summed E-state index contributed by atoms with van der Waals surface area (Å²) in [6.45, 7) is 0.652. The molecule has 0 saturated heterocycles. The predicted molar refractivity (Wildman–Crippen MR) is 135 cm³/mol. The zero-order valence-corrected chi connectivity index (χ0v) is 19.2. The van der Waals surface area contributed by atoms with Gasteiger partial charge in [0, 0.05) is 41.8 Å². The van der Waals surface area contributed by atoms with Gasteiger partial charge in [-0.2, -0.15) is 5.10 Å². The van der Waals surface area contributed by atoms with Crippen LogP contribution in [0.3, 0.4) is 0 Å². The van der Waals surface area contributed by atoms with Gasteiger partial charge >= 0.3 is 0 Å². The van der Waals surface area contributed by atoms with Crippen molar-refractivity contribution in [2.24, 2.45) is 0 Å². The third-order valence-corrected chi connectivity index (χ3v) is 5.92. The Labute approximate surface area is 200 Å². The number of rotatable bonds is 5. The Bertz CT molecular complexity index is 1670. The van der Waals surface area contributed by atoms with Gasteiger partial charge in [0.15, 0.2) is 11.5 Å². The summed E-state index contributed by atoms with van der Waals surface area (Å²) in [4.78, 5) is 19.0. The van der Waals surface area contributed by atoms with E-state index in [9.17, 15) is 4.39 Å². The highest BCUT2D eigenvalue weighted by molar-refractivity contribution is 5.97. The zero-order valence-electron chi connectivity index (χ0n) is 19.2. The van der Waals surface area contributed by atoms with E-state index in [1.54, 1.807) is 30.7 Å². The monoisotopic (exact) mass is 463 g/mol. The second-order valence-corrected chi connectivity index (χ2v) is 8.81. The molecule has 4 aromatic heterocycles. The van der Waals surface area contributed by atoms with E-state index in [1.165, 1.54) is 0 Å². The number of nitrogens with one attached hydrogen (secondary N) is 2. The van der Waals surface area contributed by atoms with E-state index < -0.39 is 0 Å². The highest BCUT2D eigenvalue weighted by Gasteiger charge is 2.16. The van der Waals surface area contributed by atoms with Crippen LogP contribution >= 0.6 is 0 Å². The van der Waals surface area contributed by atoms with Crippen molar-refractivity contribution < 1.29 is 4.39 Å². The number of benzene rings is 2. The number of hydrogen-bond acceptors (Lipinski definition) is 5. The van der Waals surface area contributed by atoms with E-state index in [0.29, 0.717) is 18.0 Å². The maximum Gasteiger partial charge on any atom is 0.181 e. The van der Waals surface area contributed by atoms with E-state index in [1.807, 2.05) is 61.5 Å². The van der Waals surface area contributed by atoms with Crippen LogP contribution in [0.2, 0.25) is 0 Å². The second-order valence-electron chi connectivity index (χ2n) is 8.81. The molecule has 6 aromatic rings. The van der Waals surface area contributed by atoms with Crippen molar-refractivity contribution in [3.05, 3.63) is 84.6 Å². The Morgan fingerprint density at radius 2 is 1.86 bits per heavy atom. The number of nitrogens with zero attached hydrogens (tertiary/aromatic N) is 5. The molecule has 172 valence electrons. The fraction of sp³-hybridized carbons (Fsp3) is 0.111. The molecule has 2 N–H and O–H groups in total. The number of aromatic nitrogens is 6. The van der Waals surface area contributed by atoms with E-state index in [-0.39, 0.29) is 5.82 Å². The molecule has 0 bridgehead atoms.